The number of hydrogen-bond donors (Lipinski definition) is 1. The van der Waals surface area contributed by atoms with Crippen LogP contribution >= 0.6 is 0 Å². The average Bonchev–Trinajstić information content (AvgIpc) is 2.55. The molecule has 5 nitrogen and oxygen atoms in total. The molecule has 0 aliphatic rings. The van der Waals surface area contributed by atoms with Gasteiger partial charge in [0.05, 0.1) is 19.3 Å². The van der Waals surface area contributed by atoms with Crippen LogP contribution in [0.2, 0.25) is 0 Å². The van der Waals surface area contributed by atoms with Gasteiger partial charge in [-0.05, 0) is 18.6 Å². The van der Waals surface area contributed by atoms with Crippen LogP contribution < -0.4 is 5.32 Å². The zero-order valence-corrected chi connectivity index (χ0v) is 13.2. The van der Waals surface area contributed by atoms with Crippen molar-refractivity contribution >= 4 is 11.9 Å². The summed E-state index contributed by atoms with van der Waals surface area (Å²) in [4.78, 5) is 24.0. The molecule has 0 fully saturated rings. The molecule has 0 aromatic heterocycles. The maximum absolute atomic E-state index is 13.1. The summed E-state index contributed by atoms with van der Waals surface area (Å²) in [5.41, 5.74) is -1.43. The molecule has 0 saturated carbocycles. The van der Waals surface area contributed by atoms with Crippen LogP contribution in [0.5, 0.6) is 0 Å². The largest absolute Gasteiger partial charge is 0.467 e. The van der Waals surface area contributed by atoms with Gasteiger partial charge in [0.25, 0.3) is 0 Å². The van der Waals surface area contributed by atoms with Crippen molar-refractivity contribution in [1.29, 1.82) is 0 Å². The van der Waals surface area contributed by atoms with Gasteiger partial charge in [0.15, 0.2) is 6.04 Å². The Bertz CT molecular complexity index is 601. The summed E-state index contributed by atoms with van der Waals surface area (Å²) in [7, 11) is 1.02. The molecule has 8 heteroatoms. The smallest absolute Gasteiger partial charge is 0.416 e. The number of carbonyl (C=O) groups is 2. The average molecular weight is 345 g/mol. The number of amides is 1. The lowest BCUT2D eigenvalue weighted by molar-refractivity contribution is -0.148. The zero-order chi connectivity index (χ0) is 18.3. The Balaban J connectivity index is 3.14. The lowest BCUT2D eigenvalue weighted by Crippen LogP contribution is -2.41. The number of alkyl halides is 3. The van der Waals surface area contributed by atoms with Gasteiger partial charge < -0.3 is 14.8 Å². The minimum absolute atomic E-state index is 0.0800. The van der Waals surface area contributed by atoms with Crippen LogP contribution in [-0.2, 0) is 25.2 Å². The van der Waals surface area contributed by atoms with Crippen molar-refractivity contribution in [2.24, 2.45) is 0 Å². The number of carbonyl (C=O) groups excluding carboxylic acids is 2. The van der Waals surface area contributed by atoms with Gasteiger partial charge in [0.1, 0.15) is 6.10 Å². The third-order valence-corrected chi connectivity index (χ3v) is 3.13. The topological polar surface area (TPSA) is 64.6 Å². The number of ether oxygens (including phenoxy) is 2. The first-order chi connectivity index (χ1) is 11.2. The Kier molecular flexibility index (Phi) is 6.97. The normalized spacial score (nSPS) is 13.7. The van der Waals surface area contributed by atoms with Crippen LogP contribution in [0.4, 0.5) is 13.2 Å². The first kappa shape index (κ1) is 19.7. The second kappa shape index (κ2) is 8.49. The molecule has 1 amide bonds. The van der Waals surface area contributed by atoms with Gasteiger partial charge in [0.2, 0.25) is 5.91 Å². The lowest BCUT2D eigenvalue weighted by Gasteiger charge is -2.22. The molecular weight excluding hydrogens is 327 g/mol. The molecule has 0 unspecified atom stereocenters. The van der Waals surface area contributed by atoms with E-state index in [1.807, 2.05) is 0 Å². The van der Waals surface area contributed by atoms with Gasteiger partial charge in [-0.25, -0.2) is 4.79 Å². The molecule has 1 aromatic rings. The zero-order valence-electron chi connectivity index (χ0n) is 13.2. The summed E-state index contributed by atoms with van der Waals surface area (Å²) in [5.74, 6) is -1.76. The SMILES string of the molecule is C=CCO[C@H](C)C(=O)N[C@@H](C(=O)OC)c1ccccc1C(F)(F)F. The highest BCUT2D eigenvalue weighted by Crippen LogP contribution is 2.34. The fourth-order valence-electron chi connectivity index (χ4n) is 1.94. The number of benzene rings is 1. The van der Waals surface area contributed by atoms with Crippen molar-refractivity contribution in [3.63, 3.8) is 0 Å². The van der Waals surface area contributed by atoms with E-state index in [2.05, 4.69) is 16.6 Å². The van der Waals surface area contributed by atoms with E-state index in [4.69, 9.17) is 4.74 Å². The summed E-state index contributed by atoms with van der Waals surface area (Å²) in [6, 6.07) is 2.87. The minimum Gasteiger partial charge on any atom is -0.467 e. The van der Waals surface area contributed by atoms with Gasteiger partial charge in [-0.15, -0.1) is 6.58 Å². The van der Waals surface area contributed by atoms with E-state index < -0.39 is 41.3 Å². The van der Waals surface area contributed by atoms with E-state index in [-0.39, 0.29) is 6.61 Å². The Labute approximate surface area is 137 Å². The molecule has 0 bridgehead atoms. The van der Waals surface area contributed by atoms with Gasteiger partial charge in [-0.2, -0.15) is 13.2 Å². The van der Waals surface area contributed by atoms with Crippen molar-refractivity contribution in [1.82, 2.24) is 5.32 Å². The van der Waals surface area contributed by atoms with Crippen molar-refractivity contribution in [3.05, 3.63) is 48.0 Å². The second-order valence-electron chi connectivity index (χ2n) is 4.81. The molecule has 1 aromatic carbocycles. The highest BCUT2D eigenvalue weighted by molar-refractivity contribution is 5.87. The molecule has 0 saturated heterocycles. The van der Waals surface area contributed by atoms with Crippen LogP contribution in [0.15, 0.2) is 36.9 Å². The number of hydrogen-bond acceptors (Lipinski definition) is 4. The van der Waals surface area contributed by atoms with E-state index in [1.165, 1.54) is 25.1 Å². The monoisotopic (exact) mass is 345 g/mol. The first-order valence-electron chi connectivity index (χ1n) is 6.99. The van der Waals surface area contributed by atoms with E-state index in [0.29, 0.717) is 0 Å². The van der Waals surface area contributed by atoms with Crippen molar-refractivity contribution in [3.8, 4) is 0 Å². The summed E-state index contributed by atoms with van der Waals surface area (Å²) in [6.07, 6.45) is -4.24. The van der Waals surface area contributed by atoms with Crippen LogP contribution in [0.3, 0.4) is 0 Å². The Hall–Kier alpha value is -2.35. The predicted octanol–water partition coefficient (Wildman–Crippen LogP) is 2.63. The molecule has 1 rings (SSSR count). The minimum atomic E-state index is -4.68. The highest BCUT2D eigenvalue weighted by Gasteiger charge is 2.38. The number of rotatable bonds is 7. The second-order valence-corrected chi connectivity index (χ2v) is 4.81. The molecule has 2 atom stereocenters. The summed E-state index contributed by atoms with van der Waals surface area (Å²) >= 11 is 0. The van der Waals surface area contributed by atoms with Crippen LogP contribution in [0, 0.1) is 0 Å². The quantitative estimate of drug-likeness (QED) is 0.609. The van der Waals surface area contributed by atoms with Gasteiger partial charge in [-0.1, -0.05) is 24.3 Å². The van der Waals surface area contributed by atoms with Crippen molar-refractivity contribution in [2.75, 3.05) is 13.7 Å². The molecule has 0 aliphatic carbocycles. The van der Waals surface area contributed by atoms with Crippen LogP contribution in [-0.4, -0.2) is 31.7 Å². The van der Waals surface area contributed by atoms with E-state index in [0.717, 1.165) is 19.2 Å². The number of methoxy groups -OCH3 is 1. The van der Waals surface area contributed by atoms with Crippen molar-refractivity contribution in [2.45, 2.75) is 25.2 Å². The van der Waals surface area contributed by atoms with Gasteiger partial charge >= 0.3 is 12.1 Å². The van der Waals surface area contributed by atoms with E-state index in [1.54, 1.807) is 0 Å². The summed E-state index contributed by atoms with van der Waals surface area (Å²) in [5, 5.41) is 2.23. The summed E-state index contributed by atoms with van der Waals surface area (Å²) < 4.78 is 49.0. The van der Waals surface area contributed by atoms with Crippen molar-refractivity contribution < 1.29 is 32.2 Å². The van der Waals surface area contributed by atoms with Crippen LogP contribution in [0.25, 0.3) is 0 Å². The van der Waals surface area contributed by atoms with E-state index in [9.17, 15) is 22.8 Å². The Morgan fingerprint density at radius 3 is 2.50 bits per heavy atom. The standard InChI is InChI=1S/C16H18F3NO4/c1-4-9-24-10(2)14(21)20-13(15(22)23-3)11-7-5-6-8-12(11)16(17,18)19/h4-8,10,13H,1,9H2,2-3H3,(H,20,21)/t10-,13-/m1/s1. The molecule has 1 N–H and O–H groups in total. The molecule has 0 aliphatic heterocycles. The molecule has 0 radical (unpaired) electrons. The predicted molar refractivity (Wildman–Crippen MR) is 80.0 cm³/mol. The summed E-state index contributed by atoms with van der Waals surface area (Å²) in [6.45, 7) is 4.91. The molecule has 24 heavy (non-hydrogen) atoms. The van der Waals surface area contributed by atoms with Gasteiger partial charge in [0, 0.05) is 0 Å². The molecule has 0 spiro atoms. The Morgan fingerprint density at radius 1 is 1.33 bits per heavy atom. The third kappa shape index (κ3) is 5.09. The number of halogens is 3. The first-order valence-corrected chi connectivity index (χ1v) is 6.99. The molecular formula is C16H18F3NO4. The highest BCUT2D eigenvalue weighted by atomic mass is 19.4. The fraction of sp³-hybridized carbons (Fsp3) is 0.375. The Morgan fingerprint density at radius 2 is 1.96 bits per heavy atom. The number of nitrogens with one attached hydrogen (secondary N) is 1. The molecule has 0 heterocycles. The maximum atomic E-state index is 13.1. The van der Waals surface area contributed by atoms with E-state index >= 15 is 0 Å². The third-order valence-electron chi connectivity index (χ3n) is 3.13. The fourth-order valence-corrected chi connectivity index (χ4v) is 1.94. The van der Waals surface area contributed by atoms with Crippen LogP contribution in [0.1, 0.15) is 24.1 Å². The number of esters is 1. The maximum Gasteiger partial charge on any atom is 0.416 e. The van der Waals surface area contributed by atoms with Gasteiger partial charge in [-0.3, -0.25) is 4.79 Å². The lowest BCUT2D eigenvalue weighted by atomic mass is 9.99. The molecule has 132 valence electrons.